The van der Waals surface area contributed by atoms with Crippen molar-refractivity contribution >= 4 is 69.2 Å². The van der Waals surface area contributed by atoms with Crippen LogP contribution in [-0.4, -0.2) is 155 Å². The number of hydrogen-bond donors (Lipinski definition) is 10. The van der Waals surface area contributed by atoms with Crippen molar-refractivity contribution < 1.29 is 48.6 Å². The molecule has 3 aliphatic heterocycles. The molecular weight excluding hydrogens is 922 g/mol. The molecule has 0 unspecified atom stereocenters. The van der Waals surface area contributed by atoms with Gasteiger partial charge in [-0.2, -0.15) is 0 Å². The van der Waals surface area contributed by atoms with E-state index in [2.05, 4.69) is 52.8 Å². The smallest absolute Gasteiger partial charge is 0.326 e. The summed E-state index contributed by atoms with van der Waals surface area (Å²) in [5.74, 6) is -5.91. The van der Waals surface area contributed by atoms with E-state index in [1.807, 2.05) is 0 Å². The first kappa shape index (κ1) is 50.9. The fourth-order valence-electron chi connectivity index (χ4n) is 8.32. The number of benzene rings is 2. The van der Waals surface area contributed by atoms with E-state index < -0.39 is 90.8 Å². The fraction of sp³-hybridized carbons (Fsp3) is 0.523. The van der Waals surface area contributed by atoms with Gasteiger partial charge < -0.3 is 63.4 Å². The molecule has 7 amide bonds. The number of nitrogens with one attached hydrogen (secondary N) is 6. The summed E-state index contributed by atoms with van der Waals surface area (Å²) in [4.78, 5) is 114. The van der Waals surface area contributed by atoms with Crippen LogP contribution in [0.2, 0.25) is 0 Å². The second-order valence-electron chi connectivity index (χ2n) is 16.5. The summed E-state index contributed by atoms with van der Waals surface area (Å²) < 4.78 is 0.768. The average Bonchev–Trinajstić information content (AvgIpc) is 4.12. The van der Waals surface area contributed by atoms with E-state index in [0.717, 1.165) is 17.4 Å². The third kappa shape index (κ3) is 14.7. The zero-order valence-corrected chi connectivity index (χ0v) is 38.2. The predicted octanol–water partition coefficient (Wildman–Crippen LogP) is -1.85. The number of likely N-dealkylation sites (tertiary alicyclic amines) is 2. The first-order valence-electron chi connectivity index (χ1n) is 22.1. The lowest BCUT2D eigenvalue weighted by Gasteiger charge is -2.30. The first-order valence-corrected chi connectivity index (χ1v) is 22.9. The summed E-state index contributed by atoms with van der Waals surface area (Å²) in [7, 11) is 0. The molecule has 3 aliphatic rings. The van der Waals surface area contributed by atoms with Crippen LogP contribution >= 0.6 is 15.9 Å². The van der Waals surface area contributed by atoms with E-state index in [9.17, 15) is 48.6 Å². The number of rotatable bonds is 22. The molecule has 12 N–H and O–H groups in total. The van der Waals surface area contributed by atoms with Gasteiger partial charge in [-0.1, -0.05) is 58.4 Å². The Balaban J connectivity index is 1.23. The highest BCUT2D eigenvalue weighted by atomic mass is 79.9. The molecule has 21 nitrogen and oxygen atoms in total. The highest BCUT2D eigenvalue weighted by molar-refractivity contribution is 9.10. The summed E-state index contributed by atoms with van der Waals surface area (Å²) in [6, 6.07) is 8.07. The largest absolute Gasteiger partial charge is 0.480 e. The van der Waals surface area contributed by atoms with Gasteiger partial charge in [0, 0.05) is 36.9 Å². The van der Waals surface area contributed by atoms with Gasteiger partial charge in [0.2, 0.25) is 41.4 Å². The van der Waals surface area contributed by atoms with Gasteiger partial charge in [-0.05, 0) is 81.2 Å². The van der Waals surface area contributed by atoms with Crippen LogP contribution in [0.4, 0.5) is 0 Å². The van der Waals surface area contributed by atoms with Crippen molar-refractivity contribution in [3.63, 3.8) is 0 Å². The first-order chi connectivity index (χ1) is 31.6. The van der Waals surface area contributed by atoms with Crippen LogP contribution in [0, 0.1) is 0 Å². The highest BCUT2D eigenvalue weighted by Crippen LogP contribution is 2.22. The van der Waals surface area contributed by atoms with E-state index in [1.54, 1.807) is 59.5 Å². The van der Waals surface area contributed by atoms with Crippen LogP contribution in [0.5, 0.6) is 0 Å². The van der Waals surface area contributed by atoms with Crippen LogP contribution in [-0.2, 0) is 51.2 Å². The summed E-state index contributed by atoms with van der Waals surface area (Å²) in [5.41, 5.74) is 12.0. The van der Waals surface area contributed by atoms with Gasteiger partial charge in [0.15, 0.2) is 5.96 Å². The highest BCUT2D eigenvalue weighted by Gasteiger charge is 2.41. The SMILES string of the molecule is NC(N)=NCCC[C@H](NC(=O)[C@H](Cc1ccc(Br)cc1)NC(=O)[C@@H]1CCCN1C(=O)[C@H](CO)NC(=O)[C@H](Cc1ccccc1)NC(=O)CNC(=O)[C@@H]1CCCN1C(=O)[C@@H]1CCCN1)C(=O)O. The Morgan fingerprint density at radius 3 is 1.95 bits per heavy atom. The zero-order valence-electron chi connectivity index (χ0n) is 36.6. The third-order valence-electron chi connectivity index (χ3n) is 11.7. The van der Waals surface area contributed by atoms with Crippen molar-refractivity contribution in [2.45, 2.75) is 107 Å². The number of carbonyl (C=O) groups is 8. The molecule has 66 heavy (non-hydrogen) atoms. The van der Waals surface area contributed by atoms with Crippen molar-refractivity contribution in [2.75, 3.05) is 39.3 Å². The van der Waals surface area contributed by atoms with Crippen LogP contribution in [0.25, 0.3) is 0 Å². The molecule has 3 fully saturated rings. The van der Waals surface area contributed by atoms with Crippen molar-refractivity contribution in [3.8, 4) is 0 Å². The lowest BCUT2D eigenvalue weighted by Crippen LogP contribution is -2.60. The fourth-order valence-corrected chi connectivity index (χ4v) is 8.58. The van der Waals surface area contributed by atoms with Crippen LogP contribution < -0.4 is 43.4 Å². The Morgan fingerprint density at radius 1 is 0.742 bits per heavy atom. The number of nitrogens with zero attached hydrogens (tertiary/aromatic N) is 3. The maximum absolute atomic E-state index is 14.1. The second kappa shape index (κ2) is 25.0. The quantitative estimate of drug-likeness (QED) is 0.0353. The molecule has 7 atom stereocenters. The van der Waals surface area contributed by atoms with Gasteiger partial charge in [0.05, 0.1) is 19.2 Å². The number of guanidine groups is 1. The number of halogens is 1. The molecule has 2 aromatic carbocycles. The molecule has 358 valence electrons. The topological polar surface area (TPSA) is 320 Å². The minimum atomic E-state index is -1.54. The molecule has 0 radical (unpaired) electrons. The van der Waals surface area contributed by atoms with E-state index in [1.165, 1.54) is 4.90 Å². The standard InChI is InChI=1S/C44H60BrN11O10/c45-28-16-14-27(15-17-28)23-32(38(60)52-30(43(65)66)11-5-19-49-44(46)47)53-40(62)35-13-7-21-56(35)42(64)33(25-57)54-37(59)31(22-26-8-2-1-3-9-26)51-36(58)24-50-39(61)34-12-6-20-55(34)41(63)29-10-4-18-48-29/h1-3,8-9,14-17,29-35,48,57H,4-7,10-13,18-25H2,(H,50,61)(H,51,58)(H,52,60)(H,53,62)(H,54,59)(H,65,66)(H4,46,47,49)/t29-,30-,31-,32-,33-,34-,35-/m0/s1. The van der Waals surface area contributed by atoms with Gasteiger partial charge in [0.1, 0.15) is 36.3 Å². The molecule has 2 aromatic rings. The molecule has 0 aliphatic carbocycles. The zero-order chi connectivity index (χ0) is 47.8. The summed E-state index contributed by atoms with van der Waals surface area (Å²) in [6.45, 7) is 0.00372. The van der Waals surface area contributed by atoms with Gasteiger partial charge in [-0.25, -0.2) is 4.79 Å². The van der Waals surface area contributed by atoms with Crippen molar-refractivity contribution in [3.05, 3.63) is 70.2 Å². The average molecular weight is 983 g/mol. The van der Waals surface area contributed by atoms with Crippen LogP contribution in [0.15, 0.2) is 64.1 Å². The maximum Gasteiger partial charge on any atom is 0.326 e. The van der Waals surface area contributed by atoms with Crippen molar-refractivity contribution in [1.29, 1.82) is 0 Å². The van der Waals surface area contributed by atoms with Gasteiger partial charge in [0.25, 0.3) is 0 Å². The van der Waals surface area contributed by atoms with Crippen molar-refractivity contribution in [2.24, 2.45) is 16.5 Å². The summed E-state index contributed by atoms with van der Waals surface area (Å²) >= 11 is 3.37. The number of nitrogens with two attached hydrogens (primary N) is 2. The third-order valence-corrected chi connectivity index (χ3v) is 12.3. The lowest BCUT2D eigenvalue weighted by atomic mass is 10.0. The maximum atomic E-state index is 14.1. The molecule has 3 saturated heterocycles. The molecule has 0 saturated carbocycles. The van der Waals surface area contributed by atoms with Gasteiger partial charge >= 0.3 is 5.97 Å². The number of aliphatic hydroxyl groups is 1. The van der Waals surface area contributed by atoms with E-state index in [0.29, 0.717) is 43.4 Å². The van der Waals surface area contributed by atoms with E-state index in [-0.39, 0.29) is 63.1 Å². The summed E-state index contributed by atoms with van der Waals surface area (Å²) in [6.07, 6.45) is 3.36. The van der Waals surface area contributed by atoms with Crippen molar-refractivity contribution in [1.82, 2.24) is 41.7 Å². The minimum Gasteiger partial charge on any atom is -0.480 e. The normalized spacial score (nSPS) is 19.7. The molecule has 0 spiro atoms. The Bertz CT molecular complexity index is 2070. The molecule has 22 heteroatoms. The molecular formula is C44H60BrN11O10. The molecule has 0 aromatic heterocycles. The Labute approximate surface area is 390 Å². The number of hydrogen-bond acceptors (Lipinski definition) is 11. The number of carbonyl (C=O) groups excluding carboxylic acids is 7. The van der Waals surface area contributed by atoms with Crippen LogP contribution in [0.1, 0.15) is 62.5 Å². The molecule has 5 rings (SSSR count). The lowest BCUT2D eigenvalue weighted by molar-refractivity contribution is -0.144. The number of amides is 7. The molecule has 3 heterocycles. The number of aliphatic hydroxyl groups excluding tert-OH is 1. The second-order valence-corrected chi connectivity index (χ2v) is 17.5. The Morgan fingerprint density at radius 2 is 1.35 bits per heavy atom. The van der Waals surface area contributed by atoms with Gasteiger partial charge in [-0.15, -0.1) is 0 Å². The van der Waals surface area contributed by atoms with Gasteiger partial charge in [-0.3, -0.25) is 38.6 Å². The monoisotopic (exact) mass is 981 g/mol. The van der Waals surface area contributed by atoms with Crippen LogP contribution in [0.3, 0.4) is 0 Å². The van der Waals surface area contributed by atoms with E-state index >= 15 is 0 Å². The number of carboxylic acid groups (broad SMARTS) is 1. The Kier molecular flexibility index (Phi) is 19.2. The Hall–Kier alpha value is -6.13. The predicted molar refractivity (Wildman–Crippen MR) is 244 cm³/mol. The molecule has 0 bridgehead atoms. The number of carboxylic acids is 1. The number of aliphatic imine (C=N–C) groups is 1. The number of aliphatic carboxylic acids is 1. The summed E-state index contributed by atoms with van der Waals surface area (Å²) in [5, 5.41) is 36.4. The minimum absolute atomic E-state index is 0.0105. The van der Waals surface area contributed by atoms with E-state index in [4.69, 9.17) is 11.5 Å².